The molecule has 1 aromatic rings. The van der Waals surface area contributed by atoms with E-state index in [4.69, 9.17) is 11.6 Å². The van der Waals surface area contributed by atoms with E-state index in [1.165, 1.54) is 13.1 Å². The van der Waals surface area contributed by atoms with E-state index in [1.807, 2.05) is 0 Å². The molecule has 1 amide bonds. The molecule has 0 atom stereocenters. The average molecular weight is 188 g/mol. The summed E-state index contributed by atoms with van der Waals surface area (Å²) in [5.41, 5.74) is -0.553. The van der Waals surface area contributed by atoms with E-state index < -0.39 is 5.69 Å². The Hall–Kier alpha value is -1.36. The molecule has 0 radical (unpaired) electrons. The van der Waals surface area contributed by atoms with Crippen molar-refractivity contribution >= 4 is 23.3 Å². The molecule has 0 unspecified atom stereocenters. The van der Waals surface area contributed by atoms with Gasteiger partial charge in [-0.25, -0.2) is 4.79 Å². The number of nitrogens with zero attached hydrogens (tertiary/aromatic N) is 1. The number of aromatic nitrogens is 2. The van der Waals surface area contributed by atoms with Crippen LogP contribution in [0.2, 0.25) is 5.02 Å². The van der Waals surface area contributed by atoms with Crippen LogP contribution in [0, 0.1) is 0 Å². The van der Waals surface area contributed by atoms with Crippen molar-refractivity contribution < 1.29 is 4.79 Å². The van der Waals surface area contributed by atoms with Crippen molar-refractivity contribution in [2.45, 2.75) is 6.92 Å². The highest BCUT2D eigenvalue weighted by Crippen LogP contribution is 2.14. The zero-order valence-electron chi connectivity index (χ0n) is 6.22. The third kappa shape index (κ3) is 2.06. The lowest BCUT2D eigenvalue weighted by molar-refractivity contribution is -0.114. The summed E-state index contributed by atoms with van der Waals surface area (Å²) in [5, 5.41) is 2.51. The van der Waals surface area contributed by atoms with Crippen molar-refractivity contribution in [1.82, 2.24) is 9.97 Å². The molecule has 0 spiro atoms. The van der Waals surface area contributed by atoms with E-state index in [-0.39, 0.29) is 16.7 Å². The van der Waals surface area contributed by atoms with Crippen LogP contribution in [0.25, 0.3) is 0 Å². The van der Waals surface area contributed by atoms with Crippen molar-refractivity contribution in [2.24, 2.45) is 0 Å². The fraction of sp³-hybridized carbons (Fsp3) is 0.167. The molecule has 0 fully saturated rings. The minimum absolute atomic E-state index is 0.0768. The van der Waals surface area contributed by atoms with Gasteiger partial charge in [-0.05, 0) is 0 Å². The summed E-state index contributed by atoms with van der Waals surface area (Å²) < 4.78 is 0. The Morgan fingerprint density at radius 2 is 2.42 bits per heavy atom. The number of rotatable bonds is 1. The Kier molecular flexibility index (Phi) is 2.44. The Labute approximate surface area is 72.8 Å². The maximum Gasteiger partial charge on any atom is 0.346 e. The number of amides is 1. The Morgan fingerprint density at radius 1 is 1.75 bits per heavy atom. The summed E-state index contributed by atoms with van der Waals surface area (Å²) in [5.74, 6) is -0.247. The highest BCUT2D eigenvalue weighted by Gasteiger charge is 2.03. The van der Waals surface area contributed by atoms with E-state index in [2.05, 4.69) is 15.3 Å². The summed E-state index contributed by atoms with van der Waals surface area (Å²) >= 11 is 5.59. The predicted molar refractivity (Wildman–Crippen MR) is 44.2 cm³/mol. The molecule has 1 rings (SSSR count). The second kappa shape index (κ2) is 3.36. The first-order valence-electron chi connectivity index (χ1n) is 3.12. The number of aromatic amines is 1. The zero-order valence-corrected chi connectivity index (χ0v) is 6.97. The van der Waals surface area contributed by atoms with Crippen LogP contribution in [0.3, 0.4) is 0 Å². The van der Waals surface area contributed by atoms with Gasteiger partial charge in [-0.15, -0.1) is 0 Å². The largest absolute Gasteiger partial charge is 0.346 e. The number of nitrogens with one attached hydrogen (secondary N) is 2. The fourth-order valence-corrected chi connectivity index (χ4v) is 0.779. The summed E-state index contributed by atoms with van der Waals surface area (Å²) in [6, 6.07) is 0. The summed E-state index contributed by atoms with van der Waals surface area (Å²) in [6.45, 7) is 1.30. The van der Waals surface area contributed by atoms with Gasteiger partial charge in [0.25, 0.3) is 0 Å². The fourth-order valence-electron chi connectivity index (χ4n) is 0.635. The third-order valence-electron chi connectivity index (χ3n) is 1.06. The van der Waals surface area contributed by atoms with Crippen LogP contribution in [0.15, 0.2) is 11.0 Å². The van der Waals surface area contributed by atoms with E-state index in [9.17, 15) is 9.59 Å². The van der Waals surface area contributed by atoms with Crippen LogP contribution in [-0.4, -0.2) is 15.9 Å². The SMILES string of the molecule is CC(=O)Nc1nc(=O)[nH]cc1Cl. The number of hydrogen-bond acceptors (Lipinski definition) is 3. The molecule has 1 aromatic heterocycles. The van der Waals surface area contributed by atoms with Crippen molar-refractivity contribution in [2.75, 3.05) is 5.32 Å². The number of halogens is 1. The molecule has 6 heteroatoms. The molecule has 0 aliphatic carbocycles. The minimum Gasteiger partial charge on any atom is -0.311 e. The molecule has 2 N–H and O–H groups in total. The molecule has 0 aromatic carbocycles. The number of anilines is 1. The predicted octanol–water partition coefficient (Wildman–Crippen LogP) is 0.382. The first-order valence-corrected chi connectivity index (χ1v) is 3.50. The maximum absolute atomic E-state index is 10.6. The number of hydrogen-bond donors (Lipinski definition) is 2. The molecule has 64 valence electrons. The lowest BCUT2D eigenvalue weighted by Gasteiger charge is -2.00. The van der Waals surface area contributed by atoms with Gasteiger partial charge in [0.2, 0.25) is 5.91 Å². The number of carbonyl (C=O) groups is 1. The molecule has 0 bridgehead atoms. The number of carbonyl (C=O) groups excluding carboxylic acids is 1. The van der Waals surface area contributed by atoms with Gasteiger partial charge in [-0.3, -0.25) is 4.79 Å². The Bertz CT molecular complexity index is 360. The normalized spacial score (nSPS) is 9.50. The van der Waals surface area contributed by atoms with Gasteiger partial charge in [0, 0.05) is 13.1 Å². The maximum atomic E-state index is 10.6. The molecule has 0 aliphatic heterocycles. The minimum atomic E-state index is -0.553. The third-order valence-corrected chi connectivity index (χ3v) is 1.34. The van der Waals surface area contributed by atoms with Crippen LogP contribution in [-0.2, 0) is 4.79 Å². The van der Waals surface area contributed by atoms with Crippen LogP contribution >= 0.6 is 11.6 Å². The smallest absolute Gasteiger partial charge is 0.311 e. The number of H-pyrrole nitrogens is 1. The molecule has 1 heterocycles. The lowest BCUT2D eigenvalue weighted by Crippen LogP contribution is -2.15. The summed E-state index contributed by atoms with van der Waals surface area (Å²) in [4.78, 5) is 26.9. The first kappa shape index (κ1) is 8.73. The molecular formula is C6H6ClN3O2. The molecular weight excluding hydrogens is 182 g/mol. The van der Waals surface area contributed by atoms with E-state index in [0.29, 0.717) is 0 Å². The van der Waals surface area contributed by atoms with E-state index in [1.54, 1.807) is 0 Å². The second-order valence-electron chi connectivity index (χ2n) is 2.08. The molecule has 0 saturated heterocycles. The van der Waals surface area contributed by atoms with Crippen LogP contribution in [0.4, 0.5) is 5.82 Å². The van der Waals surface area contributed by atoms with E-state index >= 15 is 0 Å². The van der Waals surface area contributed by atoms with Gasteiger partial charge < -0.3 is 10.3 Å². The molecule has 0 saturated carbocycles. The van der Waals surface area contributed by atoms with Crippen LogP contribution < -0.4 is 11.0 Å². The van der Waals surface area contributed by atoms with Crippen molar-refractivity contribution in [1.29, 1.82) is 0 Å². The van der Waals surface area contributed by atoms with Crippen molar-refractivity contribution in [3.63, 3.8) is 0 Å². The van der Waals surface area contributed by atoms with Crippen molar-refractivity contribution in [3.8, 4) is 0 Å². The summed E-state index contributed by atoms with van der Waals surface area (Å²) in [7, 11) is 0. The van der Waals surface area contributed by atoms with Gasteiger partial charge >= 0.3 is 5.69 Å². The highest BCUT2D eigenvalue weighted by atomic mass is 35.5. The molecule has 12 heavy (non-hydrogen) atoms. The lowest BCUT2D eigenvalue weighted by atomic mass is 10.5. The second-order valence-corrected chi connectivity index (χ2v) is 2.49. The van der Waals surface area contributed by atoms with E-state index in [0.717, 1.165) is 0 Å². The topological polar surface area (TPSA) is 74.8 Å². The zero-order chi connectivity index (χ0) is 9.14. The average Bonchev–Trinajstić information content (AvgIpc) is 1.96. The quantitative estimate of drug-likeness (QED) is 0.668. The summed E-state index contributed by atoms with van der Waals surface area (Å²) in [6.07, 6.45) is 1.27. The molecule has 5 nitrogen and oxygen atoms in total. The van der Waals surface area contributed by atoms with Crippen LogP contribution in [0.1, 0.15) is 6.92 Å². The Morgan fingerprint density at radius 3 is 3.00 bits per heavy atom. The van der Waals surface area contributed by atoms with Gasteiger partial charge in [0.15, 0.2) is 5.82 Å². The van der Waals surface area contributed by atoms with Gasteiger partial charge in [-0.2, -0.15) is 4.98 Å². The van der Waals surface area contributed by atoms with Crippen molar-refractivity contribution in [3.05, 3.63) is 21.7 Å². The molecule has 0 aliphatic rings. The van der Waals surface area contributed by atoms with Crippen LogP contribution in [0.5, 0.6) is 0 Å². The monoisotopic (exact) mass is 187 g/mol. The highest BCUT2D eigenvalue weighted by molar-refractivity contribution is 6.33. The standard InChI is InChI=1S/C6H6ClN3O2/c1-3(11)9-5-4(7)2-8-6(12)10-5/h2H,1H3,(H2,8,9,10,11,12). The van der Waals surface area contributed by atoms with Gasteiger partial charge in [0.05, 0.1) is 5.02 Å². The first-order chi connectivity index (χ1) is 5.59. The Balaban J connectivity index is 3.05. The van der Waals surface area contributed by atoms with Gasteiger partial charge in [-0.1, -0.05) is 11.6 Å². The van der Waals surface area contributed by atoms with Gasteiger partial charge in [0.1, 0.15) is 0 Å².